The molecule has 2 fully saturated rings. The first kappa shape index (κ1) is 26.4. The zero-order chi connectivity index (χ0) is 26.6. The van der Waals surface area contributed by atoms with Crippen LogP contribution in [0.15, 0.2) is 42.5 Å². The first-order valence-electron chi connectivity index (χ1n) is 11.4. The van der Waals surface area contributed by atoms with Gasteiger partial charge in [0, 0.05) is 24.4 Å². The van der Waals surface area contributed by atoms with E-state index in [-0.39, 0.29) is 30.5 Å². The van der Waals surface area contributed by atoms with Gasteiger partial charge < -0.3 is 15.4 Å². The molecule has 3 unspecified atom stereocenters. The van der Waals surface area contributed by atoms with Crippen LogP contribution in [0.5, 0.6) is 0 Å². The molecule has 4 rings (SSSR count). The summed E-state index contributed by atoms with van der Waals surface area (Å²) in [5, 5.41) is 0. The van der Waals surface area contributed by atoms with Crippen molar-refractivity contribution in [1.29, 1.82) is 0 Å². The second-order valence-electron chi connectivity index (χ2n) is 9.73. The highest BCUT2D eigenvalue weighted by atomic mass is 19.4. The Morgan fingerprint density at radius 1 is 1.03 bits per heavy atom. The topological polar surface area (TPSA) is 55.6 Å². The van der Waals surface area contributed by atoms with Crippen molar-refractivity contribution in [3.63, 3.8) is 0 Å². The van der Waals surface area contributed by atoms with Gasteiger partial charge in [0.05, 0.1) is 29.4 Å². The number of halogens is 7. The van der Waals surface area contributed by atoms with Crippen molar-refractivity contribution in [3.8, 4) is 0 Å². The molecule has 0 saturated carbocycles. The molecule has 5 atom stereocenters. The minimum atomic E-state index is -4.99. The Balaban J connectivity index is 1.72. The van der Waals surface area contributed by atoms with Gasteiger partial charge in [-0.25, -0.2) is 4.39 Å². The van der Waals surface area contributed by atoms with E-state index in [2.05, 4.69) is 0 Å². The molecule has 2 saturated heterocycles. The molecule has 2 N–H and O–H groups in total. The lowest BCUT2D eigenvalue weighted by atomic mass is 9.75. The van der Waals surface area contributed by atoms with Crippen LogP contribution in [0.2, 0.25) is 0 Å². The van der Waals surface area contributed by atoms with Gasteiger partial charge in [0.1, 0.15) is 5.82 Å². The largest absolute Gasteiger partial charge is 0.416 e. The maximum atomic E-state index is 13.6. The molecule has 0 aliphatic carbocycles. The molecule has 0 spiro atoms. The van der Waals surface area contributed by atoms with E-state index in [0.29, 0.717) is 24.1 Å². The van der Waals surface area contributed by atoms with E-state index in [0.717, 1.165) is 0 Å². The van der Waals surface area contributed by atoms with Crippen molar-refractivity contribution < 1.29 is 40.3 Å². The fourth-order valence-corrected chi connectivity index (χ4v) is 5.27. The summed E-state index contributed by atoms with van der Waals surface area (Å²) in [6, 6.07) is 6.29. The Morgan fingerprint density at radius 3 is 2.11 bits per heavy atom. The third-order valence-electron chi connectivity index (χ3n) is 7.04. The second-order valence-corrected chi connectivity index (χ2v) is 9.73. The Labute approximate surface area is 203 Å². The molecule has 11 heteroatoms. The van der Waals surface area contributed by atoms with Crippen LogP contribution in [0.1, 0.15) is 61.0 Å². The quantitative estimate of drug-likeness (QED) is 0.520. The van der Waals surface area contributed by atoms with Crippen molar-refractivity contribution in [2.75, 3.05) is 6.54 Å². The van der Waals surface area contributed by atoms with Gasteiger partial charge in [0.15, 0.2) is 0 Å². The third-order valence-corrected chi connectivity index (χ3v) is 7.04. The van der Waals surface area contributed by atoms with Crippen LogP contribution in [0.3, 0.4) is 0 Å². The molecule has 196 valence electrons. The van der Waals surface area contributed by atoms with Crippen LogP contribution < -0.4 is 5.73 Å². The summed E-state index contributed by atoms with van der Waals surface area (Å²) in [6.45, 7) is 3.19. The molecule has 0 radical (unpaired) electrons. The van der Waals surface area contributed by atoms with Crippen molar-refractivity contribution in [3.05, 3.63) is 70.5 Å². The Kier molecular flexibility index (Phi) is 6.62. The smallest absolute Gasteiger partial charge is 0.368 e. The number of benzene rings is 2. The predicted octanol–water partition coefficient (Wildman–Crippen LogP) is 5.82. The third kappa shape index (κ3) is 5.08. The van der Waals surface area contributed by atoms with Crippen LogP contribution in [0.25, 0.3) is 0 Å². The van der Waals surface area contributed by atoms with Gasteiger partial charge in [-0.05, 0) is 61.7 Å². The summed E-state index contributed by atoms with van der Waals surface area (Å²) in [4.78, 5) is 14.3. The molecule has 1 amide bonds. The van der Waals surface area contributed by atoms with E-state index in [1.54, 1.807) is 11.8 Å². The van der Waals surface area contributed by atoms with E-state index in [1.165, 1.54) is 31.2 Å². The summed E-state index contributed by atoms with van der Waals surface area (Å²) in [7, 11) is 0. The Hall–Kier alpha value is -2.66. The molecular formula is C25H25F7N2O2. The molecule has 2 aromatic rings. The molecule has 2 aromatic carbocycles. The van der Waals surface area contributed by atoms with Crippen molar-refractivity contribution in [2.45, 2.75) is 68.7 Å². The lowest BCUT2D eigenvalue weighted by molar-refractivity contribution is -0.143. The Morgan fingerprint density at radius 2 is 1.58 bits per heavy atom. The number of alkyl halides is 6. The summed E-state index contributed by atoms with van der Waals surface area (Å²) >= 11 is 0. The fraction of sp³-hybridized carbons (Fsp3) is 0.480. The molecule has 36 heavy (non-hydrogen) atoms. The number of carbonyl (C=O) groups excluding carboxylic acids is 1. The van der Waals surface area contributed by atoms with Gasteiger partial charge in [-0.1, -0.05) is 12.1 Å². The molecule has 4 nitrogen and oxygen atoms in total. The predicted molar refractivity (Wildman–Crippen MR) is 116 cm³/mol. The minimum absolute atomic E-state index is 0.0494. The summed E-state index contributed by atoms with van der Waals surface area (Å²) in [5.41, 5.74) is 3.13. The monoisotopic (exact) mass is 518 g/mol. The van der Waals surface area contributed by atoms with Crippen LogP contribution in [0, 0.1) is 5.82 Å². The molecule has 0 bridgehead atoms. The zero-order valence-corrected chi connectivity index (χ0v) is 19.5. The number of amides is 1. The summed E-state index contributed by atoms with van der Waals surface area (Å²) in [5.74, 6) is -1.23. The number of nitrogens with two attached hydrogens (primary N) is 1. The van der Waals surface area contributed by atoms with Crippen LogP contribution in [-0.2, 0) is 21.9 Å². The van der Waals surface area contributed by atoms with Gasteiger partial charge in [0.25, 0.3) is 0 Å². The van der Waals surface area contributed by atoms with Crippen LogP contribution in [0.4, 0.5) is 30.7 Å². The minimum Gasteiger partial charge on any atom is -0.368 e. The van der Waals surface area contributed by atoms with E-state index in [9.17, 15) is 35.5 Å². The van der Waals surface area contributed by atoms with Crippen molar-refractivity contribution in [1.82, 2.24) is 4.90 Å². The number of fused-ring (bicyclic) bond motifs is 1. The average Bonchev–Trinajstić information content (AvgIpc) is 3.16. The number of hydrogen-bond acceptors (Lipinski definition) is 3. The van der Waals surface area contributed by atoms with Gasteiger partial charge in [-0.3, -0.25) is 4.79 Å². The summed E-state index contributed by atoms with van der Waals surface area (Å²) in [6.07, 6.45) is -11.4. The number of nitrogens with zero attached hydrogens (tertiary/aromatic N) is 1. The van der Waals surface area contributed by atoms with Crippen molar-refractivity contribution in [2.24, 2.45) is 5.73 Å². The highest BCUT2D eigenvalue weighted by Crippen LogP contribution is 2.46. The molecular weight excluding hydrogens is 493 g/mol. The Bertz CT molecular complexity index is 1100. The maximum Gasteiger partial charge on any atom is 0.416 e. The molecule has 2 aliphatic rings. The number of carbonyl (C=O) groups is 1. The van der Waals surface area contributed by atoms with Crippen molar-refractivity contribution >= 4 is 5.91 Å². The SMILES string of the molecule is C[C@@H](O[C@H]1CN2C(=O)CCC(C)(N)C2C1c1ccc(F)cc1)c1cc(C(F)(F)F)cc(C(F)(F)F)c1. The lowest BCUT2D eigenvalue weighted by Crippen LogP contribution is -2.61. The first-order chi connectivity index (χ1) is 16.6. The van der Waals surface area contributed by atoms with Gasteiger partial charge in [0.2, 0.25) is 5.91 Å². The van der Waals surface area contributed by atoms with Crippen LogP contribution in [-0.4, -0.2) is 35.0 Å². The zero-order valence-electron chi connectivity index (χ0n) is 19.5. The molecule has 0 aromatic heterocycles. The lowest BCUT2D eigenvalue weighted by Gasteiger charge is -2.44. The number of piperidine rings is 1. The number of hydrogen-bond donors (Lipinski definition) is 1. The second kappa shape index (κ2) is 9.02. The molecule has 2 heterocycles. The van der Waals surface area contributed by atoms with Crippen LogP contribution >= 0.6 is 0 Å². The molecule has 2 aliphatic heterocycles. The van der Waals surface area contributed by atoms with E-state index in [1.807, 2.05) is 0 Å². The van der Waals surface area contributed by atoms with Gasteiger partial charge >= 0.3 is 12.4 Å². The van der Waals surface area contributed by atoms with E-state index < -0.39 is 59.0 Å². The standard InChI is InChI=1S/C25H25F7N2O2/c1-13(15-9-16(24(27,28)29)11-17(10-15)25(30,31)32)36-19-12-34-20(35)7-8-23(2,33)22(34)21(19)14-3-5-18(26)6-4-14/h3-6,9-11,13,19,21-22H,7-8,12,33H2,1-2H3/t13-,19+,21?,22?,23?/m1/s1. The highest BCUT2D eigenvalue weighted by molar-refractivity contribution is 5.79. The number of ether oxygens (including phenoxy) is 1. The average molecular weight is 518 g/mol. The van der Waals surface area contributed by atoms with E-state index >= 15 is 0 Å². The first-order valence-corrected chi connectivity index (χ1v) is 11.4. The normalized spacial score (nSPS) is 27.8. The summed E-state index contributed by atoms with van der Waals surface area (Å²) < 4.78 is 99.8. The van der Waals surface area contributed by atoms with Gasteiger partial charge in [-0.15, -0.1) is 0 Å². The van der Waals surface area contributed by atoms with E-state index in [4.69, 9.17) is 10.5 Å². The fourth-order valence-electron chi connectivity index (χ4n) is 5.27. The van der Waals surface area contributed by atoms with Gasteiger partial charge in [-0.2, -0.15) is 26.3 Å². The highest BCUT2D eigenvalue weighted by Gasteiger charge is 2.54. The maximum absolute atomic E-state index is 13.6. The number of rotatable bonds is 4.